The number of amides is 2. The van der Waals surface area contributed by atoms with Crippen LogP contribution in [0.25, 0.3) is 0 Å². The van der Waals surface area contributed by atoms with E-state index in [1.807, 2.05) is 43.3 Å². The van der Waals surface area contributed by atoms with Crippen molar-refractivity contribution < 1.29 is 14.0 Å². The van der Waals surface area contributed by atoms with Crippen molar-refractivity contribution in [1.82, 2.24) is 10.2 Å². The molecule has 2 saturated heterocycles. The zero-order valence-electron chi connectivity index (χ0n) is 16.3. The minimum absolute atomic E-state index is 0.0277. The number of nitrogens with one attached hydrogen (secondary N) is 1. The fourth-order valence-corrected chi connectivity index (χ4v) is 4.11. The molecule has 2 aromatic rings. The molecule has 6 heteroatoms. The van der Waals surface area contributed by atoms with E-state index in [1.54, 1.807) is 4.90 Å². The van der Waals surface area contributed by atoms with Crippen LogP contribution in [0.2, 0.25) is 0 Å². The molecule has 1 aromatic carbocycles. The molecule has 0 aliphatic carbocycles. The fourth-order valence-electron chi connectivity index (χ4n) is 4.11. The molecule has 4 rings (SSSR count). The molecule has 3 heterocycles. The van der Waals surface area contributed by atoms with Crippen molar-refractivity contribution in [1.29, 1.82) is 0 Å². The van der Waals surface area contributed by atoms with Crippen LogP contribution < -0.4 is 10.2 Å². The highest BCUT2D eigenvalue weighted by Crippen LogP contribution is 2.23. The van der Waals surface area contributed by atoms with Crippen molar-refractivity contribution >= 4 is 17.5 Å². The lowest BCUT2D eigenvalue weighted by atomic mass is 10.2. The highest BCUT2D eigenvalue weighted by molar-refractivity contribution is 5.98. The Morgan fingerprint density at radius 3 is 2.68 bits per heavy atom. The maximum atomic E-state index is 12.7. The van der Waals surface area contributed by atoms with Crippen molar-refractivity contribution in [3.8, 4) is 0 Å². The first kappa shape index (κ1) is 18.7. The minimum atomic E-state index is -0.241. The maximum Gasteiger partial charge on any atom is 0.287 e. The normalized spacial score (nSPS) is 20.1. The van der Waals surface area contributed by atoms with E-state index in [-0.39, 0.29) is 17.9 Å². The summed E-state index contributed by atoms with van der Waals surface area (Å²) < 4.78 is 5.85. The van der Waals surface area contributed by atoms with Gasteiger partial charge in [-0.15, -0.1) is 0 Å². The molecule has 1 N–H and O–H groups in total. The van der Waals surface area contributed by atoms with Crippen LogP contribution in [0.15, 0.2) is 40.8 Å². The van der Waals surface area contributed by atoms with Crippen LogP contribution >= 0.6 is 0 Å². The number of para-hydroxylation sites is 1. The SMILES string of the molecule is CCc1oc(C(=O)N[C@H]2CC(=O)N(c3ccccc3)C2)cc1CN1CCCC1. The largest absolute Gasteiger partial charge is 0.456 e. The summed E-state index contributed by atoms with van der Waals surface area (Å²) in [6.07, 6.45) is 3.54. The number of benzene rings is 1. The Kier molecular flexibility index (Phi) is 5.48. The van der Waals surface area contributed by atoms with Crippen molar-refractivity contribution in [2.75, 3.05) is 24.5 Å². The van der Waals surface area contributed by atoms with Gasteiger partial charge in [0.15, 0.2) is 5.76 Å². The third kappa shape index (κ3) is 3.97. The predicted molar refractivity (Wildman–Crippen MR) is 107 cm³/mol. The minimum Gasteiger partial charge on any atom is -0.456 e. The van der Waals surface area contributed by atoms with Crippen molar-refractivity contribution in [2.24, 2.45) is 0 Å². The highest BCUT2D eigenvalue weighted by atomic mass is 16.4. The molecule has 1 aromatic heterocycles. The second-order valence-electron chi connectivity index (χ2n) is 7.61. The van der Waals surface area contributed by atoms with E-state index in [0.717, 1.165) is 43.1 Å². The number of furan rings is 1. The van der Waals surface area contributed by atoms with E-state index < -0.39 is 0 Å². The van der Waals surface area contributed by atoms with Crippen LogP contribution in [-0.2, 0) is 17.8 Å². The smallest absolute Gasteiger partial charge is 0.287 e. The average Bonchev–Trinajstić information content (AvgIpc) is 3.43. The molecule has 0 radical (unpaired) electrons. The molecule has 2 amide bonds. The van der Waals surface area contributed by atoms with E-state index in [2.05, 4.69) is 10.2 Å². The van der Waals surface area contributed by atoms with Gasteiger partial charge in [0.2, 0.25) is 5.91 Å². The van der Waals surface area contributed by atoms with Crippen LogP contribution in [0.5, 0.6) is 0 Å². The summed E-state index contributed by atoms with van der Waals surface area (Å²) in [7, 11) is 0. The van der Waals surface area contributed by atoms with Crippen LogP contribution in [-0.4, -0.2) is 42.4 Å². The van der Waals surface area contributed by atoms with Gasteiger partial charge >= 0.3 is 0 Å². The zero-order chi connectivity index (χ0) is 19.5. The second kappa shape index (κ2) is 8.19. The lowest BCUT2D eigenvalue weighted by molar-refractivity contribution is -0.117. The van der Waals surface area contributed by atoms with E-state index in [0.29, 0.717) is 18.7 Å². The molecule has 2 aliphatic rings. The van der Waals surface area contributed by atoms with Crippen molar-refractivity contribution in [2.45, 2.75) is 45.2 Å². The second-order valence-corrected chi connectivity index (χ2v) is 7.61. The quantitative estimate of drug-likeness (QED) is 0.835. The Morgan fingerprint density at radius 2 is 1.96 bits per heavy atom. The molecule has 6 nitrogen and oxygen atoms in total. The predicted octanol–water partition coefficient (Wildman–Crippen LogP) is 2.97. The lowest BCUT2D eigenvalue weighted by Gasteiger charge is -2.16. The van der Waals surface area contributed by atoms with Gasteiger partial charge in [0.1, 0.15) is 5.76 Å². The van der Waals surface area contributed by atoms with Gasteiger partial charge in [0.25, 0.3) is 5.91 Å². The van der Waals surface area contributed by atoms with Crippen LogP contribution in [0, 0.1) is 0 Å². The number of carbonyl (C=O) groups excluding carboxylic acids is 2. The Morgan fingerprint density at radius 1 is 1.21 bits per heavy atom. The fraction of sp³-hybridized carbons (Fsp3) is 0.455. The molecular formula is C22H27N3O3. The summed E-state index contributed by atoms with van der Waals surface area (Å²) in [4.78, 5) is 29.2. The van der Waals surface area contributed by atoms with Gasteiger partial charge in [-0.1, -0.05) is 25.1 Å². The molecular weight excluding hydrogens is 354 g/mol. The van der Waals surface area contributed by atoms with Gasteiger partial charge in [-0.2, -0.15) is 0 Å². The molecule has 1 atom stereocenters. The topological polar surface area (TPSA) is 65.8 Å². The number of aryl methyl sites for hydroxylation is 1. The Labute approximate surface area is 165 Å². The third-order valence-electron chi connectivity index (χ3n) is 5.56. The first-order valence-electron chi connectivity index (χ1n) is 10.1. The van der Waals surface area contributed by atoms with Crippen LogP contribution in [0.1, 0.15) is 48.1 Å². The van der Waals surface area contributed by atoms with Crippen molar-refractivity contribution in [3.63, 3.8) is 0 Å². The molecule has 2 fully saturated rings. The number of likely N-dealkylation sites (tertiary alicyclic amines) is 1. The van der Waals surface area contributed by atoms with Gasteiger partial charge in [-0.25, -0.2) is 0 Å². The van der Waals surface area contributed by atoms with Gasteiger partial charge in [-0.05, 0) is 44.1 Å². The van der Waals surface area contributed by atoms with Gasteiger partial charge in [0.05, 0.1) is 6.04 Å². The first-order chi connectivity index (χ1) is 13.6. The van der Waals surface area contributed by atoms with E-state index in [4.69, 9.17) is 4.42 Å². The standard InChI is InChI=1S/C22H27N3O3/c1-2-19-16(14-24-10-6-7-11-24)12-20(28-19)22(27)23-17-13-21(26)25(15-17)18-8-4-3-5-9-18/h3-5,8-9,12,17H,2,6-7,10-11,13-15H2,1H3,(H,23,27)/t17-/m0/s1. The Balaban J connectivity index is 1.41. The number of anilines is 1. The Bertz CT molecular complexity index is 840. The number of carbonyl (C=O) groups is 2. The summed E-state index contributed by atoms with van der Waals surface area (Å²) in [5.74, 6) is 1.01. The maximum absolute atomic E-state index is 12.7. The molecule has 148 valence electrons. The van der Waals surface area contributed by atoms with E-state index >= 15 is 0 Å². The third-order valence-corrected chi connectivity index (χ3v) is 5.56. The molecule has 0 bridgehead atoms. The summed E-state index contributed by atoms with van der Waals surface area (Å²) in [5, 5.41) is 2.97. The van der Waals surface area contributed by atoms with Gasteiger partial charge < -0.3 is 14.6 Å². The molecule has 0 saturated carbocycles. The van der Waals surface area contributed by atoms with Crippen molar-refractivity contribution in [3.05, 3.63) is 53.5 Å². The lowest BCUT2D eigenvalue weighted by Crippen LogP contribution is -2.37. The van der Waals surface area contributed by atoms with Crippen LogP contribution in [0.4, 0.5) is 5.69 Å². The molecule has 0 spiro atoms. The highest BCUT2D eigenvalue weighted by Gasteiger charge is 2.32. The summed E-state index contributed by atoms with van der Waals surface area (Å²) in [6, 6.07) is 11.2. The van der Waals surface area contributed by atoms with E-state index in [1.165, 1.54) is 12.8 Å². The first-order valence-corrected chi connectivity index (χ1v) is 10.1. The summed E-state index contributed by atoms with van der Waals surface area (Å²) in [5.41, 5.74) is 1.96. The number of rotatable bonds is 6. The molecule has 0 unspecified atom stereocenters. The van der Waals surface area contributed by atoms with Gasteiger partial charge in [0, 0.05) is 37.2 Å². The average molecular weight is 381 g/mol. The monoisotopic (exact) mass is 381 g/mol. The zero-order valence-corrected chi connectivity index (χ0v) is 16.3. The summed E-state index contributed by atoms with van der Waals surface area (Å²) >= 11 is 0. The van der Waals surface area contributed by atoms with E-state index in [9.17, 15) is 9.59 Å². The van der Waals surface area contributed by atoms with Gasteiger partial charge in [-0.3, -0.25) is 14.5 Å². The Hall–Kier alpha value is -2.60. The number of hydrogen-bond acceptors (Lipinski definition) is 4. The summed E-state index contributed by atoms with van der Waals surface area (Å²) in [6.45, 7) is 5.58. The molecule has 28 heavy (non-hydrogen) atoms. The number of nitrogens with zero attached hydrogens (tertiary/aromatic N) is 2. The van der Waals surface area contributed by atoms with Crippen LogP contribution in [0.3, 0.4) is 0 Å². The molecule has 2 aliphatic heterocycles. The number of hydrogen-bond donors (Lipinski definition) is 1.